The van der Waals surface area contributed by atoms with Gasteiger partial charge in [0.05, 0.1) is 6.61 Å². The lowest BCUT2D eigenvalue weighted by Gasteiger charge is -2.26. The third-order valence-corrected chi connectivity index (χ3v) is 2.36. The number of esters is 1. The van der Waals surface area contributed by atoms with E-state index in [1.165, 1.54) is 0 Å². The zero-order valence-corrected chi connectivity index (χ0v) is 13.2. The van der Waals surface area contributed by atoms with Crippen molar-refractivity contribution in [3.63, 3.8) is 0 Å². The van der Waals surface area contributed by atoms with E-state index < -0.39 is 36.6 Å². The molecule has 0 rings (SSSR count). The quantitative estimate of drug-likeness (QED) is 0.551. The minimum atomic E-state index is -2.56. The Kier molecular flexibility index (Phi) is 8.39. The smallest absolute Gasteiger partial charge is 0.329 e. The molecule has 1 amide bonds. The van der Waals surface area contributed by atoms with Crippen LogP contribution in [0.4, 0.5) is 8.78 Å². The Morgan fingerprint density at radius 2 is 1.76 bits per heavy atom. The molecule has 0 aromatic carbocycles. The topological polar surface area (TPSA) is 64.6 Å². The molecule has 0 aliphatic carbocycles. The van der Waals surface area contributed by atoms with Gasteiger partial charge in [-0.05, 0) is 26.7 Å². The molecule has 0 heterocycles. The summed E-state index contributed by atoms with van der Waals surface area (Å²) in [5.74, 6) is -1.10. The number of hydrogen-bond acceptors (Lipinski definition) is 4. The summed E-state index contributed by atoms with van der Waals surface area (Å²) < 4.78 is 33.6. The number of rotatable bonds is 8. The average Bonchev–Trinajstić information content (AvgIpc) is 2.28. The normalized spacial score (nSPS) is 13.4. The van der Waals surface area contributed by atoms with Gasteiger partial charge in [0.25, 0.3) is 6.43 Å². The van der Waals surface area contributed by atoms with Crippen LogP contribution in [0.25, 0.3) is 0 Å². The van der Waals surface area contributed by atoms with Crippen molar-refractivity contribution in [1.29, 1.82) is 0 Å². The molecule has 0 bridgehead atoms. The van der Waals surface area contributed by atoms with Gasteiger partial charge in [-0.3, -0.25) is 4.79 Å². The van der Waals surface area contributed by atoms with E-state index in [0.717, 1.165) is 0 Å². The van der Waals surface area contributed by atoms with Crippen molar-refractivity contribution in [3.05, 3.63) is 0 Å². The number of hydrogen-bond donors (Lipinski definition) is 1. The molecule has 1 atom stereocenters. The predicted octanol–water partition coefficient (Wildman–Crippen LogP) is 2.14. The molecule has 124 valence electrons. The van der Waals surface area contributed by atoms with E-state index in [-0.39, 0.29) is 18.9 Å². The molecule has 7 heteroatoms. The Balaban J connectivity index is 4.31. The lowest BCUT2D eigenvalue weighted by molar-refractivity contribution is -0.160. The van der Waals surface area contributed by atoms with E-state index in [9.17, 15) is 18.4 Å². The molecule has 0 aromatic rings. The van der Waals surface area contributed by atoms with Gasteiger partial charge in [0.2, 0.25) is 5.91 Å². The number of halogens is 2. The van der Waals surface area contributed by atoms with Crippen molar-refractivity contribution in [2.75, 3.05) is 13.2 Å². The molecule has 0 saturated heterocycles. The van der Waals surface area contributed by atoms with Crippen molar-refractivity contribution in [1.82, 2.24) is 5.32 Å². The van der Waals surface area contributed by atoms with Gasteiger partial charge in [0.1, 0.15) is 18.2 Å². The molecule has 0 aliphatic heterocycles. The number of nitrogens with one attached hydrogen (secondary N) is 1. The molecule has 5 nitrogen and oxygen atoms in total. The second-order valence-corrected chi connectivity index (χ2v) is 6.04. The first-order valence-electron chi connectivity index (χ1n) is 6.91. The number of alkyl halides is 2. The number of carbonyl (C=O) groups excluding carboxylic acids is 2. The minimum Gasteiger partial charge on any atom is -0.458 e. The lowest BCUT2D eigenvalue weighted by Crippen LogP contribution is -2.47. The molecule has 1 N–H and O–H groups in total. The van der Waals surface area contributed by atoms with Crippen LogP contribution >= 0.6 is 0 Å². The number of ether oxygens (including phenoxy) is 2. The Bertz CT molecular complexity index is 340. The third-order valence-electron chi connectivity index (χ3n) is 2.36. The van der Waals surface area contributed by atoms with Crippen LogP contribution in [0.3, 0.4) is 0 Å². The zero-order valence-electron chi connectivity index (χ0n) is 13.2. The van der Waals surface area contributed by atoms with Gasteiger partial charge in [-0.15, -0.1) is 0 Å². The van der Waals surface area contributed by atoms with Crippen molar-refractivity contribution in [3.8, 4) is 0 Å². The van der Waals surface area contributed by atoms with Gasteiger partial charge < -0.3 is 14.8 Å². The highest BCUT2D eigenvalue weighted by Crippen LogP contribution is 2.12. The van der Waals surface area contributed by atoms with E-state index in [4.69, 9.17) is 4.74 Å². The van der Waals surface area contributed by atoms with Crippen molar-refractivity contribution in [2.45, 2.75) is 59.1 Å². The Morgan fingerprint density at radius 3 is 2.19 bits per heavy atom. The summed E-state index contributed by atoms with van der Waals surface area (Å²) in [6.45, 7) is 7.96. The zero-order chi connectivity index (χ0) is 16.6. The second kappa shape index (κ2) is 8.92. The highest BCUT2D eigenvalue weighted by atomic mass is 19.3. The van der Waals surface area contributed by atoms with E-state index in [1.54, 1.807) is 34.6 Å². The maximum atomic E-state index is 12.0. The van der Waals surface area contributed by atoms with Gasteiger partial charge >= 0.3 is 5.97 Å². The maximum absolute atomic E-state index is 12.0. The summed E-state index contributed by atoms with van der Waals surface area (Å²) in [5.41, 5.74) is -0.644. The number of amides is 1. The van der Waals surface area contributed by atoms with Crippen LogP contribution in [0.1, 0.15) is 41.0 Å². The molecule has 0 spiro atoms. The minimum absolute atomic E-state index is 0.0846. The molecule has 0 fully saturated rings. The van der Waals surface area contributed by atoms with Gasteiger partial charge in [-0.1, -0.05) is 13.8 Å². The van der Waals surface area contributed by atoms with Gasteiger partial charge in [0.15, 0.2) is 0 Å². The Hall–Kier alpha value is -1.24. The summed E-state index contributed by atoms with van der Waals surface area (Å²) in [6, 6.07) is -0.771. The van der Waals surface area contributed by atoms with E-state index in [2.05, 4.69) is 10.1 Å². The van der Waals surface area contributed by atoms with Crippen molar-refractivity contribution < 1.29 is 27.8 Å². The maximum Gasteiger partial charge on any atom is 0.329 e. The first-order chi connectivity index (χ1) is 9.53. The van der Waals surface area contributed by atoms with E-state index >= 15 is 0 Å². The van der Waals surface area contributed by atoms with Crippen LogP contribution in [0.2, 0.25) is 0 Å². The number of carbonyl (C=O) groups is 2. The van der Waals surface area contributed by atoms with E-state index in [0.29, 0.717) is 0 Å². The molecule has 21 heavy (non-hydrogen) atoms. The largest absolute Gasteiger partial charge is 0.458 e. The van der Waals surface area contributed by atoms with E-state index in [1.807, 2.05) is 0 Å². The predicted molar refractivity (Wildman–Crippen MR) is 74.1 cm³/mol. The van der Waals surface area contributed by atoms with Crippen LogP contribution in [0.5, 0.6) is 0 Å². The van der Waals surface area contributed by atoms with Crippen molar-refractivity contribution >= 4 is 11.9 Å². The fourth-order valence-electron chi connectivity index (χ4n) is 1.45. The standard InChI is InChI=1S/C14H25F2NO4/c1-9(2)12(13(19)21-14(3,4)5)17-11(18)6-7-20-8-10(15)16/h9-10,12H,6-8H2,1-5H3,(H,17,18)/t12-/m0/s1. The molecule has 0 aliphatic rings. The average molecular weight is 309 g/mol. The Morgan fingerprint density at radius 1 is 1.19 bits per heavy atom. The highest BCUT2D eigenvalue weighted by molar-refractivity contribution is 5.84. The van der Waals surface area contributed by atoms with Crippen molar-refractivity contribution in [2.24, 2.45) is 5.92 Å². The highest BCUT2D eigenvalue weighted by Gasteiger charge is 2.28. The molecular formula is C14H25F2NO4. The molecule has 0 unspecified atom stereocenters. The first kappa shape index (κ1) is 19.8. The summed E-state index contributed by atoms with van der Waals surface area (Å²) in [4.78, 5) is 23.7. The van der Waals surface area contributed by atoms with Crippen LogP contribution < -0.4 is 5.32 Å². The molecule has 0 radical (unpaired) electrons. The first-order valence-corrected chi connectivity index (χ1v) is 6.91. The second-order valence-electron chi connectivity index (χ2n) is 6.04. The van der Waals surface area contributed by atoms with Gasteiger partial charge in [-0.2, -0.15) is 0 Å². The SMILES string of the molecule is CC(C)[C@H](NC(=O)CCOCC(F)F)C(=O)OC(C)(C)C. The Labute approximate surface area is 124 Å². The van der Waals surface area contributed by atoms with Crippen LogP contribution in [0.15, 0.2) is 0 Å². The van der Waals surface area contributed by atoms with Crippen LogP contribution in [-0.4, -0.2) is 43.2 Å². The van der Waals surface area contributed by atoms with Crippen LogP contribution in [0, 0.1) is 5.92 Å². The monoisotopic (exact) mass is 309 g/mol. The van der Waals surface area contributed by atoms with Gasteiger partial charge in [-0.25, -0.2) is 13.6 Å². The summed E-state index contributed by atoms with van der Waals surface area (Å²) in [6.07, 6.45) is -2.64. The summed E-state index contributed by atoms with van der Waals surface area (Å²) >= 11 is 0. The lowest BCUT2D eigenvalue weighted by atomic mass is 10.0. The fourth-order valence-corrected chi connectivity index (χ4v) is 1.45. The summed E-state index contributed by atoms with van der Waals surface area (Å²) in [5, 5.41) is 2.55. The summed E-state index contributed by atoms with van der Waals surface area (Å²) in [7, 11) is 0. The third kappa shape index (κ3) is 10.2. The fraction of sp³-hybridized carbons (Fsp3) is 0.857. The van der Waals surface area contributed by atoms with Crippen LogP contribution in [-0.2, 0) is 19.1 Å². The molecular weight excluding hydrogens is 284 g/mol. The van der Waals surface area contributed by atoms with Gasteiger partial charge in [0, 0.05) is 6.42 Å². The molecule has 0 aromatic heterocycles. The molecule has 0 saturated carbocycles.